The van der Waals surface area contributed by atoms with Crippen molar-refractivity contribution in [2.75, 3.05) is 6.54 Å². The van der Waals surface area contributed by atoms with Gasteiger partial charge in [-0.2, -0.15) is 4.31 Å². The van der Waals surface area contributed by atoms with Crippen LogP contribution in [0.4, 0.5) is 4.39 Å². The van der Waals surface area contributed by atoms with Gasteiger partial charge in [-0.3, -0.25) is 4.79 Å². The Hall–Kier alpha value is -3.29. The van der Waals surface area contributed by atoms with Crippen molar-refractivity contribution in [2.45, 2.75) is 38.6 Å². The molecule has 4 rings (SSSR count). The van der Waals surface area contributed by atoms with Crippen LogP contribution >= 0.6 is 0 Å². The van der Waals surface area contributed by atoms with E-state index in [1.807, 2.05) is 57.2 Å². The highest BCUT2D eigenvalue weighted by Crippen LogP contribution is 2.22. The molecule has 0 spiro atoms. The molecule has 4 aromatic rings. The lowest BCUT2D eigenvalue weighted by molar-refractivity contribution is 0.408. The second-order valence-electron chi connectivity index (χ2n) is 8.70. The zero-order valence-electron chi connectivity index (χ0n) is 19.4. The molecule has 3 aromatic carbocycles. The average Bonchev–Trinajstić information content (AvgIpc) is 2.77. The molecular formula is C27H27FN2O3S. The van der Waals surface area contributed by atoms with E-state index < -0.39 is 15.8 Å². The molecule has 1 heterocycles. The molecule has 0 aliphatic heterocycles. The molecule has 0 fully saturated rings. The molecule has 0 aliphatic carbocycles. The number of aryl methyl sites for hydroxylation is 3. The van der Waals surface area contributed by atoms with Gasteiger partial charge in [-0.1, -0.05) is 35.9 Å². The molecule has 0 bridgehead atoms. The van der Waals surface area contributed by atoms with Gasteiger partial charge in [0.25, 0.3) is 5.56 Å². The number of aromatic amines is 1. The highest BCUT2D eigenvalue weighted by atomic mass is 32.2. The van der Waals surface area contributed by atoms with Crippen LogP contribution in [0.5, 0.6) is 0 Å². The Labute approximate surface area is 198 Å². The third-order valence-electron chi connectivity index (χ3n) is 5.92. The molecule has 7 heteroatoms. The maximum Gasteiger partial charge on any atom is 0.252 e. The number of nitrogens with one attached hydrogen (secondary N) is 1. The minimum absolute atomic E-state index is 0.0119. The predicted octanol–water partition coefficient (Wildman–Crippen LogP) is 5.03. The van der Waals surface area contributed by atoms with Crippen molar-refractivity contribution in [3.05, 3.63) is 111 Å². The van der Waals surface area contributed by atoms with Crippen molar-refractivity contribution in [3.8, 4) is 0 Å². The van der Waals surface area contributed by atoms with Crippen LogP contribution in [0.25, 0.3) is 10.9 Å². The summed E-state index contributed by atoms with van der Waals surface area (Å²) in [5.41, 5.74) is 4.87. The summed E-state index contributed by atoms with van der Waals surface area (Å²) in [4.78, 5) is 15.8. The molecule has 0 radical (unpaired) electrons. The van der Waals surface area contributed by atoms with Gasteiger partial charge in [-0.15, -0.1) is 0 Å². The standard InChI is InChI=1S/C27H27FN2O3S/c1-18-5-4-6-21(14-18)11-12-30(34(32,33)24-9-7-23(28)8-10-24)17-22-16-25-20(3)13-19(2)15-26(25)29-27(22)31/h4-10,13-16H,11-12,17H2,1-3H3,(H,29,31). The van der Waals surface area contributed by atoms with Crippen LogP contribution in [0.2, 0.25) is 0 Å². The molecule has 0 amide bonds. The number of pyridine rings is 1. The van der Waals surface area contributed by atoms with Gasteiger partial charge >= 0.3 is 0 Å². The summed E-state index contributed by atoms with van der Waals surface area (Å²) >= 11 is 0. The summed E-state index contributed by atoms with van der Waals surface area (Å²) in [5, 5.41) is 0.873. The molecule has 1 N–H and O–H groups in total. The maximum absolute atomic E-state index is 13.5. The number of benzene rings is 3. The second-order valence-corrected chi connectivity index (χ2v) is 10.6. The first-order valence-corrected chi connectivity index (χ1v) is 12.5. The third kappa shape index (κ3) is 5.11. The number of aromatic nitrogens is 1. The van der Waals surface area contributed by atoms with Crippen LogP contribution in [-0.4, -0.2) is 24.3 Å². The summed E-state index contributed by atoms with van der Waals surface area (Å²) in [6.07, 6.45) is 0.478. The number of nitrogens with zero attached hydrogens (tertiary/aromatic N) is 1. The minimum Gasteiger partial charge on any atom is -0.322 e. The SMILES string of the molecule is Cc1cccc(CCN(Cc2cc3c(C)cc(C)cc3[nH]c2=O)S(=O)(=O)c2ccc(F)cc2)c1. The van der Waals surface area contributed by atoms with Crippen LogP contribution in [0.15, 0.2) is 76.4 Å². The van der Waals surface area contributed by atoms with E-state index in [1.54, 1.807) is 6.07 Å². The first-order valence-electron chi connectivity index (χ1n) is 11.1. The van der Waals surface area contributed by atoms with Crippen molar-refractivity contribution in [1.29, 1.82) is 0 Å². The fourth-order valence-corrected chi connectivity index (χ4v) is 5.60. The quantitative estimate of drug-likeness (QED) is 0.405. The summed E-state index contributed by atoms with van der Waals surface area (Å²) in [6.45, 7) is 5.98. The highest BCUT2D eigenvalue weighted by molar-refractivity contribution is 7.89. The molecule has 176 valence electrons. The molecule has 34 heavy (non-hydrogen) atoms. The fraction of sp³-hybridized carbons (Fsp3) is 0.222. The first kappa shape index (κ1) is 23.9. The Morgan fingerprint density at radius 2 is 1.65 bits per heavy atom. The second kappa shape index (κ2) is 9.52. The molecular weight excluding hydrogens is 451 g/mol. The zero-order valence-corrected chi connectivity index (χ0v) is 20.2. The predicted molar refractivity (Wildman–Crippen MR) is 133 cm³/mol. The molecule has 5 nitrogen and oxygen atoms in total. The molecule has 0 aliphatic rings. The topological polar surface area (TPSA) is 70.2 Å². The molecule has 0 atom stereocenters. The Kier molecular flexibility index (Phi) is 6.68. The number of hydrogen-bond donors (Lipinski definition) is 1. The van der Waals surface area contributed by atoms with Crippen molar-refractivity contribution < 1.29 is 12.8 Å². The summed E-state index contributed by atoms with van der Waals surface area (Å²) in [5.74, 6) is -0.512. The summed E-state index contributed by atoms with van der Waals surface area (Å²) in [6, 6.07) is 18.3. The van der Waals surface area contributed by atoms with Gasteiger partial charge in [0.2, 0.25) is 10.0 Å². The van der Waals surface area contributed by atoms with Crippen LogP contribution in [-0.2, 0) is 23.0 Å². The highest BCUT2D eigenvalue weighted by Gasteiger charge is 2.26. The van der Waals surface area contributed by atoms with E-state index in [1.165, 1.54) is 16.4 Å². The number of sulfonamides is 1. The Morgan fingerprint density at radius 3 is 2.35 bits per heavy atom. The Morgan fingerprint density at radius 1 is 0.912 bits per heavy atom. The zero-order chi connectivity index (χ0) is 24.5. The lowest BCUT2D eigenvalue weighted by Crippen LogP contribution is -2.34. The normalized spacial score (nSPS) is 11.9. The van der Waals surface area contributed by atoms with Gasteiger partial charge in [-0.25, -0.2) is 12.8 Å². The van der Waals surface area contributed by atoms with E-state index in [-0.39, 0.29) is 23.5 Å². The molecule has 0 saturated heterocycles. The number of fused-ring (bicyclic) bond motifs is 1. The number of hydrogen-bond acceptors (Lipinski definition) is 3. The van der Waals surface area contributed by atoms with Crippen molar-refractivity contribution in [1.82, 2.24) is 9.29 Å². The fourth-order valence-electron chi connectivity index (χ4n) is 4.18. The van der Waals surface area contributed by atoms with E-state index in [9.17, 15) is 17.6 Å². The summed E-state index contributed by atoms with van der Waals surface area (Å²) in [7, 11) is -3.97. The Balaban J connectivity index is 1.74. The van der Waals surface area contributed by atoms with Crippen LogP contribution < -0.4 is 5.56 Å². The first-order chi connectivity index (χ1) is 16.1. The van der Waals surface area contributed by atoms with E-state index in [4.69, 9.17) is 0 Å². The van der Waals surface area contributed by atoms with Crippen molar-refractivity contribution >= 4 is 20.9 Å². The van der Waals surface area contributed by atoms with Gasteiger partial charge in [-0.05, 0) is 80.3 Å². The van der Waals surface area contributed by atoms with Gasteiger partial charge in [0.05, 0.1) is 4.90 Å². The number of rotatable bonds is 7. The molecule has 1 aromatic heterocycles. The van der Waals surface area contributed by atoms with E-state index in [2.05, 4.69) is 4.98 Å². The van der Waals surface area contributed by atoms with Crippen molar-refractivity contribution in [2.24, 2.45) is 0 Å². The van der Waals surface area contributed by atoms with Gasteiger partial charge in [0, 0.05) is 29.6 Å². The van der Waals surface area contributed by atoms with Crippen LogP contribution in [0.3, 0.4) is 0 Å². The molecule has 0 saturated carbocycles. The van der Waals surface area contributed by atoms with E-state index >= 15 is 0 Å². The van der Waals surface area contributed by atoms with E-state index in [0.717, 1.165) is 45.3 Å². The summed E-state index contributed by atoms with van der Waals surface area (Å²) < 4.78 is 41.8. The van der Waals surface area contributed by atoms with Crippen molar-refractivity contribution in [3.63, 3.8) is 0 Å². The lowest BCUT2D eigenvalue weighted by atomic mass is 10.0. The largest absolute Gasteiger partial charge is 0.322 e. The van der Waals surface area contributed by atoms with Crippen LogP contribution in [0, 0.1) is 26.6 Å². The number of halogens is 1. The van der Waals surface area contributed by atoms with Gasteiger partial charge in [0.15, 0.2) is 0 Å². The minimum atomic E-state index is -3.97. The van der Waals surface area contributed by atoms with Gasteiger partial charge < -0.3 is 4.98 Å². The van der Waals surface area contributed by atoms with Gasteiger partial charge in [0.1, 0.15) is 5.82 Å². The average molecular weight is 479 g/mol. The monoisotopic (exact) mass is 478 g/mol. The van der Waals surface area contributed by atoms with Crippen LogP contribution in [0.1, 0.15) is 27.8 Å². The van der Waals surface area contributed by atoms with E-state index in [0.29, 0.717) is 12.0 Å². The maximum atomic E-state index is 13.5. The Bertz CT molecular complexity index is 1510. The number of H-pyrrole nitrogens is 1. The third-order valence-corrected chi connectivity index (χ3v) is 7.78. The smallest absolute Gasteiger partial charge is 0.252 e. The lowest BCUT2D eigenvalue weighted by Gasteiger charge is -2.22. The molecule has 0 unspecified atom stereocenters.